The number of hydrogen-bond donors (Lipinski definition) is 1. The minimum absolute atomic E-state index is 0.0150. The fourth-order valence-corrected chi connectivity index (χ4v) is 4.70. The number of halogens is 1. The van der Waals surface area contributed by atoms with Gasteiger partial charge >= 0.3 is 0 Å². The van der Waals surface area contributed by atoms with E-state index in [2.05, 4.69) is 15.0 Å². The van der Waals surface area contributed by atoms with Gasteiger partial charge in [-0.2, -0.15) is 0 Å². The molecule has 1 fully saturated rings. The van der Waals surface area contributed by atoms with Gasteiger partial charge in [0.1, 0.15) is 23.8 Å². The molecule has 2 aliphatic heterocycles. The molecule has 8 nitrogen and oxygen atoms in total. The van der Waals surface area contributed by atoms with E-state index in [1.807, 2.05) is 6.92 Å². The van der Waals surface area contributed by atoms with Gasteiger partial charge in [-0.25, -0.2) is 9.37 Å². The fraction of sp³-hybridized carbons (Fsp3) is 0.522. The molecular weight excluding hydrogens is 415 g/mol. The molecule has 1 atom stereocenters. The molecule has 0 saturated carbocycles. The Labute approximate surface area is 184 Å². The van der Waals surface area contributed by atoms with Gasteiger partial charge in [0.15, 0.2) is 5.58 Å². The number of rotatable bonds is 5. The number of nitrogens with zero attached hydrogens (tertiary/aromatic N) is 4. The molecule has 9 heteroatoms. The predicted octanol–water partition coefficient (Wildman–Crippen LogP) is 2.75. The van der Waals surface area contributed by atoms with E-state index in [1.165, 1.54) is 12.1 Å². The first kappa shape index (κ1) is 21.1. The molecule has 0 spiro atoms. The van der Waals surface area contributed by atoms with Gasteiger partial charge in [0.05, 0.1) is 5.39 Å². The Morgan fingerprint density at radius 1 is 1.25 bits per heavy atom. The molecule has 1 unspecified atom stereocenters. The molecule has 2 aromatic heterocycles. The summed E-state index contributed by atoms with van der Waals surface area (Å²) in [5.41, 5.74) is 1.82. The minimum atomic E-state index is -0.649. The molecule has 1 aromatic carbocycles. The van der Waals surface area contributed by atoms with Crippen molar-refractivity contribution in [2.75, 3.05) is 19.6 Å². The van der Waals surface area contributed by atoms with Gasteiger partial charge in [-0.1, -0.05) is 0 Å². The predicted molar refractivity (Wildman–Crippen MR) is 115 cm³/mol. The lowest BCUT2D eigenvalue weighted by molar-refractivity contribution is 0.0951. The van der Waals surface area contributed by atoms with Crippen LogP contribution >= 0.6 is 0 Å². The maximum atomic E-state index is 13.3. The number of aryl methyl sites for hydroxylation is 1. The Morgan fingerprint density at radius 3 is 2.88 bits per heavy atom. The van der Waals surface area contributed by atoms with Crippen LogP contribution in [0.5, 0.6) is 5.88 Å². The Bertz CT molecular complexity index is 1180. The summed E-state index contributed by atoms with van der Waals surface area (Å²) in [5.74, 6) is 0.543. The smallest absolute Gasteiger partial charge is 0.262 e. The first-order valence-corrected chi connectivity index (χ1v) is 11.2. The van der Waals surface area contributed by atoms with Crippen LogP contribution in [0.3, 0.4) is 0 Å². The number of piperidine rings is 1. The van der Waals surface area contributed by atoms with Crippen molar-refractivity contribution in [2.45, 2.75) is 57.8 Å². The molecular formula is C23H27FN4O4. The lowest BCUT2D eigenvalue weighted by atomic mass is 10.0. The highest BCUT2D eigenvalue weighted by molar-refractivity contribution is 5.81. The number of hydrogen-bond acceptors (Lipinski definition) is 7. The summed E-state index contributed by atoms with van der Waals surface area (Å²) in [4.78, 5) is 19.8. The summed E-state index contributed by atoms with van der Waals surface area (Å²) >= 11 is 0. The molecule has 0 radical (unpaired) electrons. The molecule has 2 aliphatic rings. The van der Waals surface area contributed by atoms with Crippen LogP contribution in [0.1, 0.15) is 48.9 Å². The fourth-order valence-electron chi connectivity index (χ4n) is 4.70. The van der Waals surface area contributed by atoms with Crippen LogP contribution in [0.25, 0.3) is 11.0 Å². The van der Waals surface area contributed by atoms with Gasteiger partial charge < -0.3 is 19.3 Å². The van der Waals surface area contributed by atoms with E-state index in [9.17, 15) is 14.3 Å². The molecule has 1 N–H and O–H groups in total. The van der Waals surface area contributed by atoms with E-state index < -0.39 is 6.10 Å². The zero-order valence-electron chi connectivity index (χ0n) is 18.1. The molecule has 170 valence electrons. The number of fused-ring (bicyclic) bond motifs is 2. The Hall–Kier alpha value is -2.78. The standard InChI is InChI=1S/C23H27FN4O4/c1-14-17(23(30)28-9-2-3-19(29)21(28)25-14)8-12-27-10-6-16(7-11-27)31-22-18-5-4-15(24)13-20(18)32-26-22/h4-5,13,16,19,29H,2-3,6-12H2,1H3. The van der Waals surface area contributed by atoms with Gasteiger partial charge in [0, 0.05) is 43.5 Å². The molecule has 5 rings (SSSR count). The van der Waals surface area contributed by atoms with Gasteiger partial charge in [-0.15, -0.1) is 0 Å². The van der Waals surface area contributed by atoms with Crippen molar-refractivity contribution in [1.82, 2.24) is 19.6 Å². The van der Waals surface area contributed by atoms with Crippen LogP contribution < -0.4 is 10.3 Å². The lowest BCUT2D eigenvalue weighted by Crippen LogP contribution is -2.40. The highest BCUT2D eigenvalue weighted by Crippen LogP contribution is 2.28. The second-order valence-corrected chi connectivity index (χ2v) is 8.69. The van der Waals surface area contributed by atoms with Crippen molar-refractivity contribution in [3.8, 4) is 5.88 Å². The number of aromatic nitrogens is 3. The van der Waals surface area contributed by atoms with Crippen molar-refractivity contribution in [1.29, 1.82) is 0 Å². The Morgan fingerprint density at radius 2 is 2.06 bits per heavy atom. The van der Waals surface area contributed by atoms with Crippen molar-refractivity contribution >= 4 is 11.0 Å². The molecule has 0 bridgehead atoms. The largest absolute Gasteiger partial charge is 0.472 e. The topological polar surface area (TPSA) is 93.6 Å². The van der Waals surface area contributed by atoms with Gasteiger partial charge in [0.2, 0.25) is 0 Å². The molecule has 0 aliphatic carbocycles. The third kappa shape index (κ3) is 4.02. The summed E-state index contributed by atoms with van der Waals surface area (Å²) in [5, 5.41) is 14.8. The summed E-state index contributed by atoms with van der Waals surface area (Å²) in [7, 11) is 0. The maximum absolute atomic E-state index is 13.3. The van der Waals surface area contributed by atoms with E-state index in [4.69, 9.17) is 9.26 Å². The van der Waals surface area contributed by atoms with E-state index in [1.54, 1.807) is 10.6 Å². The molecule has 0 amide bonds. The minimum Gasteiger partial charge on any atom is -0.472 e. The average molecular weight is 442 g/mol. The third-order valence-corrected chi connectivity index (χ3v) is 6.55. The van der Waals surface area contributed by atoms with Crippen molar-refractivity contribution in [3.63, 3.8) is 0 Å². The summed E-state index contributed by atoms with van der Waals surface area (Å²) < 4.78 is 26.2. The van der Waals surface area contributed by atoms with E-state index in [0.29, 0.717) is 42.1 Å². The van der Waals surface area contributed by atoms with Crippen molar-refractivity contribution in [3.05, 3.63) is 51.5 Å². The third-order valence-electron chi connectivity index (χ3n) is 6.55. The van der Waals surface area contributed by atoms with E-state index in [-0.39, 0.29) is 17.5 Å². The quantitative estimate of drug-likeness (QED) is 0.649. The van der Waals surface area contributed by atoms with Crippen LogP contribution in [0.4, 0.5) is 4.39 Å². The summed E-state index contributed by atoms with van der Waals surface area (Å²) in [6.07, 6.45) is 3.13. The number of aliphatic hydroxyl groups excluding tert-OH is 1. The first-order chi connectivity index (χ1) is 15.5. The number of aliphatic hydroxyl groups is 1. The van der Waals surface area contributed by atoms with Gasteiger partial charge in [-0.3, -0.25) is 9.36 Å². The maximum Gasteiger partial charge on any atom is 0.262 e. The van der Waals surface area contributed by atoms with Gasteiger partial charge in [0.25, 0.3) is 11.4 Å². The van der Waals surface area contributed by atoms with Crippen LogP contribution in [-0.4, -0.2) is 50.5 Å². The van der Waals surface area contributed by atoms with Crippen LogP contribution in [0, 0.1) is 12.7 Å². The Kier molecular flexibility index (Phi) is 5.69. The van der Waals surface area contributed by atoms with Crippen LogP contribution in [0.15, 0.2) is 27.5 Å². The van der Waals surface area contributed by atoms with Gasteiger partial charge in [-0.05, 0) is 56.3 Å². The molecule has 32 heavy (non-hydrogen) atoms. The summed E-state index contributed by atoms with van der Waals surface area (Å²) in [6.45, 7) is 4.96. The van der Waals surface area contributed by atoms with Crippen LogP contribution in [-0.2, 0) is 13.0 Å². The second-order valence-electron chi connectivity index (χ2n) is 8.69. The Balaban J connectivity index is 1.18. The SMILES string of the molecule is Cc1nc2n(c(=O)c1CCN1CCC(Oc3noc4cc(F)ccc34)CC1)CCCC2O. The van der Waals surface area contributed by atoms with Crippen molar-refractivity contribution in [2.24, 2.45) is 0 Å². The second kappa shape index (κ2) is 8.63. The zero-order chi connectivity index (χ0) is 22.2. The van der Waals surface area contributed by atoms with Crippen molar-refractivity contribution < 1.29 is 18.8 Å². The number of likely N-dealkylation sites (tertiary alicyclic amines) is 1. The zero-order valence-corrected chi connectivity index (χ0v) is 18.1. The molecule has 3 aromatic rings. The normalized spacial score (nSPS) is 19.9. The highest BCUT2D eigenvalue weighted by atomic mass is 19.1. The van der Waals surface area contributed by atoms with E-state index >= 15 is 0 Å². The lowest BCUT2D eigenvalue weighted by Gasteiger charge is -2.31. The highest BCUT2D eigenvalue weighted by Gasteiger charge is 2.25. The first-order valence-electron chi connectivity index (χ1n) is 11.2. The average Bonchev–Trinajstić information content (AvgIpc) is 3.17. The molecule has 4 heterocycles. The number of ether oxygens (including phenoxy) is 1. The van der Waals surface area contributed by atoms with E-state index in [0.717, 1.165) is 50.2 Å². The number of benzene rings is 1. The monoisotopic (exact) mass is 442 g/mol. The summed E-state index contributed by atoms with van der Waals surface area (Å²) in [6, 6.07) is 4.30. The molecule has 1 saturated heterocycles. The van der Waals surface area contributed by atoms with Crippen LogP contribution in [0.2, 0.25) is 0 Å².